The Balaban J connectivity index is 1.71. The van der Waals surface area contributed by atoms with Gasteiger partial charge in [-0.3, -0.25) is 0 Å². The molecule has 0 spiro atoms. The number of anilines is 5. The van der Waals surface area contributed by atoms with E-state index in [-0.39, 0.29) is 0 Å². The zero-order valence-corrected chi connectivity index (χ0v) is 15.7. The number of rotatable bonds is 8. The van der Waals surface area contributed by atoms with Crippen molar-refractivity contribution in [3.63, 3.8) is 0 Å². The summed E-state index contributed by atoms with van der Waals surface area (Å²) < 4.78 is 5.67. The number of unbranched alkanes of at least 4 members (excludes halogenated alkanes) is 1. The maximum Gasteiger partial charge on any atom is 0.159 e. The Hall–Kier alpha value is -3.06. The number of nitrogens with two attached hydrogens (primary N) is 1. The Morgan fingerprint density at radius 1 is 1.04 bits per heavy atom. The zero-order chi connectivity index (χ0) is 19.1. The SMILES string of the molecule is CCCCOc1ccc(Nc2ncnc(Nc3cccnc3Cl)c2N)cc1. The lowest BCUT2D eigenvalue weighted by atomic mass is 10.3. The summed E-state index contributed by atoms with van der Waals surface area (Å²) in [6.45, 7) is 2.85. The highest BCUT2D eigenvalue weighted by atomic mass is 35.5. The Morgan fingerprint density at radius 3 is 2.48 bits per heavy atom. The maximum absolute atomic E-state index is 6.20. The topological polar surface area (TPSA) is 98.0 Å². The number of ether oxygens (including phenoxy) is 1. The first kappa shape index (κ1) is 18.7. The van der Waals surface area contributed by atoms with Gasteiger partial charge in [-0.05, 0) is 42.8 Å². The van der Waals surface area contributed by atoms with Crippen LogP contribution in [0.25, 0.3) is 0 Å². The third-order valence-electron chi connectivity index (χ3n) is 3.78. The molecule has 0 fully saturated rings. The second-order valence-electron chi connectivity index (χ2n) is 5.80. The molecule has 0 amide bonds. The van der Waals surface area contributed by atoms with Crippen LogP contribution in [0.5, 0.6) is 5.75 Å². The van der Waals surface area contributed by atoms with E-state index in [0.717, 1.165) is 24.3 Å². The zero-order valence-electron chi connectivity index (χ0n) is 14.9. The molecule has 0 aliphatic rings. The fraction of sp³-hybridized carbons (Fsp3) is 0.211. The van der Waals surface area contributed by atoms with Crippen LogP contribution in [0.3, 0.4) is 0 Å². The Labute approximate surface area is 163 Å². The molecule has 3 rings (SSSR count). The van der Waals surface area contributed by atoms with Crippen molar-refractivity contribution < 1.29 is 4.74 Å². The summed E-state index contributed by atoms with van der Waals surface area (Å²) in [5.74, 6) is 1.77. The second-order valence-corrected chi connectivity index (χ2v) is 6.16. The normalized spacial score (nSPS) is 10.4. The van der Waals surface area contributed by atoms with E-state index in [1.54, 1.807) is 18.3 Å². The number of hydrogen-bond donors (Lipinski definition) is 3. The third-order valence-corrected chi connectivity index (χ3v) is 4.08. The van der Waals surface area contributed by atoms with Gasteiger partial charge >= 0.3 is 0 Å². The molecule has 2 heterocycles. The molecule has 0 radical (unpaired) electrons. The molecule has 0 aliphatic carbocycles. The van der Waals surface area contributed by atoms with E-state index in [2.05, 4.69) is 32.5 Å². The smallest absolute Gasteiger partial charge is 0.159 e. The van der Waals surface area contributed by atoms with Crippen LogP contribution in [0.15, 0.2) is 48.9 Å². The Morgan fingerprint density at radius 2 is 1.78 bits per heavy atom. The van der Waals surface area contributed by atoms with Crippen molar-refractivity contribution in [1.29, 1.82) is 0 Å². The molecule has 0 atom stereocenters. The molecule has 0 aliphatic heterocycles. The molecule has 3 aromatic rings. The number of halogens is 1. The fourth-order valence-corrected chi connectivity index (χ4v) is 2.47. The van der Waals surface area contributed by atoms with Gasteiger partial charge in [0.2, 0.25) is 0 Å². The van der Waals surface area contributed by atoms with Crippen LogP contribution < -0.4 is 21.1 Å². The molecule has 0 bridgehead atoms. The van der Waals surface area contributed by atoms with Crippen LogP contribution in [0, 0.1) is 0 Å². The van der Waals surface area contributed by atoms with Crippen molar-refractivity contribution in [3.8, 4) is 5.75 Å². The van der Waals surface area contributed by atoms with Crippen molar-refractivity contribution in [3.05, 3.63) is 54.1 Å². The van der Waals surface area contributed by atoms with E-state index in [9.17, 15) is 0 Å². The third kappa shape index (κ3) is 4.98. The first-order valence-electron chi connectivity index (χ1n) is 8.65. The van der Waals surface area contributed by atoms with Crippen LogP contribution in [-0.2, 0) is 0 Å². The molecule has 0 saturated carbocycles. The summed E-state index contributed by atoms with van der Waals surface area (Å²) in [5, 5.41) is 6.60. The average molecular weight is 385 g/mol. The van der Waals surface area contributed by atoms with Crippen molar-refractivity contribution in [2.75, 3.05) is 23.0 Å². The number of nitrogen functional groups attached to an aromatic ring is 1. The van der Waals surface area contributed by atoms with Gasteiger partial charge in [0.1, 0.15) is 17.8 Å². The summed E-state index contributed by atoms with van der Waals surface area (Å²) in [6.07, 6.45) is 5.18. The Bertz CT molecular complexity index is 888. The van der Waals surface area contributed by atoms with E-state index >= 15 is 0 Å². The number of nitrogens with zero attached hydrogens (tertiary/aromatic N) is 3. The van der Waals surface area contributed by atoms with E-state index in [4.69, 9.17) is 22.1 Å². The van der Waals surface area contributed by atoms with Gasteiger partial charge in [-0.15, -0.1) is 0 Å². The number of pyridine rings is 1. The number of aromatic nitrogens is 3. The predicted octanol–water partition coefficient (Wildman–Crippen LogP) is 4.77. The van der Waals surface area contributed by atoms with Crippen LogP contribution >= 0.6 is 11.6 Å². The fourth-order valence-electron chi connectivity index (χ4n) is 2.31. The monoisotopic (exact) mass is 384 g/mol. The summed E-state index contributed by atoms with van der Waals surface area (Å²) >= 11 is 6.07. The minimum atomic E-state index is 0.337. The van der Waals surface area contributed by atoms with Gasteiger partial charge in [-0.2, -0.15) is 0 Å². The van der Waals surface area contributed by atoms with Gasteiger partial charge in [0.25, 0.3) is 0 Å². The highest BCUT2D eigenvalue weighted by Crippen LogP contribution is 2.30. The Kier molecular flexibility index (Phi) is 6.27. The lowest BCUT2D eigenvalue weighted by Gasteiger charge is -2.13. The second kappa shape index (κ2) is 9.05. The summed E-state index contributed by atoms with van der Waals surface area (Å²) in [5.41, 5.74) is 8.03. The first-order valence-corrected chi connectivity index (χ1v) is 9.03. The molecule has 2 aromatic heterocycles. The van der Waals surface area contributed by atoms with Crippen molar-refractivity contribution in [2.24, 2.45) is 0 Å². The summed E-state index contributed by atoms with van der Waals surface area (Å²) in [7, 11) is 0. The van der Waals surface area contributed by atoms with Gasteiger partial charge in [0.05, 0.1) is 12.3 Å². The number of benzene rings is 1. The molecule has 7 nitrogen and oxygen atoms in total. The number of nitrogens with one attached hydrogen (secondary N) is 2. The van der Waals surface area contributed by atoms with Crippen molar-refractivity contribution in [1.82, 2.24) is 15.0 Å². The first-order chi connectivity index (χ1) is 13.2. The average Bonchev–Trinajstić information content (AvgIpc) is 2.68. The lowest BCUT2D eigenvalue weighted by molar-refractivity contribution is 0.309. The quantitative estimate of drug-likeness (QED) is 0.380. The largest absolute Gasteiger partial charge is 0.494 e. The standard InChI is InChI=1S/C19H21ClN6O/c1-2-3-11-27-14-8-6-13(7-9-14)25-18-16(21)19(24-12-23-18)26-15-5-4-10-22-17(15)20/h4-10,12H,2-3,11,21H2,1H3,(H2,23,24,25,26). The summed E-state index contributed by atoms with van der Waals surface area (Å²) in [6, 6.07) is 11.2. The van der Waals surface area contributed by atoms with Crippen LogP contribution in [-0.4, -0.2) is 21.6 Å². The minimum absolute atomic E-state index is 0.337. The van der Waals surface area contributed by atoms with Gasteiger partial charge in [0.15, 0.2) is 16.8 Å². The van der Waals surface area contributed by atoms with Crippen LogP contribution in [0.2, 0.25) is 5.15 Å². The van der Waals surface area contributed by atoms with Crippen LogP contribution in [0.4, 0.5) is 28.7 Å². The van der Waals surface area contributed by atoms with E-state index < -0.39 is 0 Å². The highest BCUT2D eigenvalue weighted by molar-refractivity contribution is 6.32. The molecule has 4 N–H and O–H groups in total. The van der Waals surface area contributed by atoms with E-state index in [1.807, 2.05) is 24.3 Å². The minimum Gasteiger partial charge on any atom is -0.494 e. The van der Waals surface area contributed by atoms with Gasteiger partial charge in [-0.1, -0.05) is 24.9 Å². The maximum atomic E-state index is 6.20. The molecule has 27 heavy (non-hydrogen) atoms. The van der Waals surface area contributed by atoms with E-state index in [1.165, 1.54) is 6.33 Å². The van der Waals surface area contributed by atoms with Gasteiger partial charge in [-0.25, -0.2) is 15.0 Å². The van der Waals surface area contributed by atoms with Gasteiger partial charge < -0.3 is 21.1 Å². The summed E-state index contributed by atoms with van der Waals surface area (Å²) in [4.78, 5) is 12.4. The predicted molar refractivity (Wildman–Crippen MR) is 109 cm³/mol. The molecule has 0 unspecified atom stereocenters. The van der Waals surface area contributed by atoms with Crippen LogP contribution in [0.1, 0.15) is 19.8 Å². The molecule has 140 valence electrons. The molecular formula is C19H21ClN6O. The molecular weight excluding hydrogens is 364 g/mol. The lowest BCUT2D eigenvalue weighted by Crippen LogP contribution is -2.05. The van der Waals surface area contributed by atoms with Crippen molar-refractivity contribution in [2.45, 2.75) is 19.8 Å². The highest BCUT2D eigenvalue weighted by Gasteiger charge is 2.10. The molecule has 1 aromatic carbocycles. The van der Waals surface area contributed by atoms with Gasteiger partial charge in [0, 0.05) is 11.9 Å². The number of hydrogen-bond acceptors (Lipinski definition) is 7. The van der Waals surface area contributed by atoms with E-state index in [0.29, 0.717) is 34.8 Å². The molecule has 0 saturated heterocycles. The van der Waals surface area contributed by atoms with Crippen molar-refractivity contribution >= 4 is 40.3 Å². The molecule has 8 heteroatoms.